The Morgan fingerprint density at radius 2 is 1.87 bits per heavy atom. The highest BCUT2D eigenvalue weighted by atomic mass is 35.5. The molecule has 5 nitrogen and oxygen atoms in total. The summed E-state index contributed by atoms with van der Waals surface area (Å²) in [7, 11) is 1.52. The maximum Gasteiger partial charge on any atom is 0.255 e. The maximum absolute atomic E-state index is 15.7. The smallest absolute Gasteiger partial charge is 0.255 e. The fourth-order valence-corrected chi connectivity index (χ4v) is 5.90. The van der Waals surface area contributed by atoms with Crippen LogP contribution in [-0.4, -0.2) is 21.9 Å². The molecule has 3 aromatic rings. The summed E-state index contributed by atoms with van der Waals surface area (Å²) in [5, 5.41) is 10.9. The Hall–Kier alpha value is -3.21. The third-order valence-corrected chi connectivity index (χ3v) is 7.62. The molecule has 38 heavy (non-hydrogen) atoms. The molecule has 4 rings (SSSR count). The standard InChI is InChI=1S/C29H27Cl2F2N3O2/c1-28(2,3)13-18-15-36(27(38)17-8-11-24(37)35(4)14-17)26(20-6-5-7-22(31)25(20)33)29(18,16-34)21-10-9-19(30)12-23(21)32/h5-12,14,18,26H,13,15H2,1-4H3. The minimum Gasteiger partial charge on any atom is -0.329 e. The van der Waals surface area contributed by atoms with E-state index in [1.54, 1.807) is 0 Å². The van der Waals surface area contributed by atoms with Gasteiger partial charge < -0.3 is 9.47 Å². The second-order valence-corrected chi connectivity index (χ2v) is 11.8. The predicted octanol–water partition coefficient (Wildman–Crippen LogP) is 6.68. The minimum atomic E-state index is -1.68. The zero-order valence-electron chi connectivity index (χ0n) is 21.4. The molecule has 1 aliphatic heterocycles. The lowest BCUT2D eigenvalue weighted by Gasteiger charge is -2.38. The van der Waals surface area contributed by atoms with E-state index in [9.17, 15) is 14.9 Å². The number of rotatable bonds is 4. The van der Waals surface area contributed by atoms with Gasteiger partial charge in [0.1, 0.15) is 17.0 Å². The van der Waals surface area contributed by atoms with Crippen molar-refractivity contribution in [3.05, 3.63) is 103 Å². The summed E-state index contributed by atoms with van der Waals surface area (Å²) < 4.78 is 32.6. The predicted molar refractivity (Wildman–Crippen MR) is 143 cm³/mol. The number of aryl methyl sites for hydroxylation is 1. The van der Waals surface area contributed by atoms with Crippen LogP contribution < -0.4 is 5.56 Å². The number of likely N-dealkylation sites (tertiary alicyclic amines) is 1. The van der Waals surface area contributed by atoms with E-state index in [1.165, 1.54) is 65.2 Å². The third kappa shape index (κ3) is 4.83. The van der Waals surface area contributed by atoms with Gasteiger partial charge in [0.15, 0.2) is 0 Å². The lowest BCUT2D eigenvalue weighted by molar-refractivity contribution is 0.0712. The molecule has 0 aliphatic carbocycles. The molecule has 198 valence electrons. The molecule has 0 spiro atoms. The Bertz CT molecular complexity index is 1510. The van der Waals surface area contributed by atoms with Crippen LogP contribution in [0.15, 0.2) is 59.5 Å². The van der Waals surface area contributed by atoms with Crippen molar-refractivity contribution in [3.8, 4) is 6.07 Å². The van der Waals surface area contributed by atoms with E-state index >= 15 is 8.78 Å². The number of benzene rings is 2. The second kappa shape index (κ2) is 10.2. The quantitative estimate of drug-likeness (QED) is 0.359. The first kappa shape index (κ1) is 27.8. The number of carbonyl (C=O) groups excluding carboxylic acids is 1. The van der Waals surface area contributed by atoms with Crippen molar-refractivity contribution in [3.63, 3.8) is 0 Å². The van der Waals surface area contributed by atoms with Gasteiger partial charge in [-0.25, -0.2) is 8.78 Å². The molecular formula is C29H27Cl2F2N3O2. The van der Waals surface area contributed by atoms with Crippen molar-refractivity contribution in [2.75, 3.05) is 6.54 Å². The second-order valence-electron chi connectivity index (χ2n) is 10.9. The Morgan fingerprint density at radius 3 is 2.47 bits per heavy atom. The first-order valence-corrected chi connectivity index (χ1v) is 12.8. The van der Waals surface area contributed by atoms with Gasteiger partial charge in [-0.1, -0.05) is 62.2 Å². The Morgan fingerprint density at radius 1 is 1.16 bits per heavy atom. The SMILES string of the molecule is Cn1cc(C(=O)N2CC(CC(C)(C)C)C(C#N)(c3ccc(Cl)cc3F)C2c2cccc(Cl)c2F)ccc1=O. The van der Waals surface area contributed by atoms with Gasteiger partial charge in [0.2, 0.25) is 5.56 Å². The average molecular weight is 558 g/mol. The molecule has 9 heteroatoms. The highest BCUT2D eigenvalue weighted by Crippen LogP contribution is 2.56. The molecule has 3 atom stereocenters. The largest absolute Gasteiger partial charge is 0.329 e. The molecule has 0 N–H and O–H groups in total. The van der Waals surface area contributed by atoms with Gasteiger partial charge in [-0.15, -0.1) is 0 Å². The van der Waals surface area contributed by atoms with Crippen molar-refractivity contribution in [1.82, 2.24) is 9.47 Å². The summed E-state index contributed by atoms with van der Waals surface area (Å²) in [6, 6.07) is 12.2. The first-order valence-electron chi connectivity index (χ1n) is 12.1. The fraction of sp³-hybridized carbons (Fsp3) is 0.345. The number of aromatic nitrogens is 1. The van der Waals surface area contributed by atoms with E-state index < -0.39 is 34.9 Å². The molecule has 0 radical (unpaired) electrons. The molecule has 1 aromatic heterocycles. The van der Waals surface area contributed by atoms with Crippen LogP contribution in [0.25, 0.3) is 0 Å². The Balaban J connectivity index is 2.05. The number of amides is 1. The summed E-state index contributed by atoms with van der Waals surface area (Å²) >= 11 is 12.2. The lowest BCUT2D eigenvalue weighted by Crippen LogP contribution is -2.41. The number of nitriles is 1. The normalized spacial score (nSPS) is 21.4. The minimum absolute atomic E-state index is 0.00276. The van der Waals surface area contributed by atoms with Crippen molar-refractivity contribution >= 4 is 29.1 Å². The van der Waals surface area contributed by atoms with E-state index in [-0.39, 0.29) is 44.3 Å². The molecule has 2 heterocycles. The molecule has 2 aromatic carbocycles. The van der Waals surface area contributed by atoms with Gasteiger partial charge in [0.05, 0.1) is 22.7 Å². The van der Waals surface area contributed by atoms with Crippen LogP contribution in [-0.2, 0) is 12.5 Å². The number of carbonyl (C=O) groups is 1. The van der Waals surface area contributed by atoms with E-state index in [4.69, 9.17) is 23.2 Å². The van der Waals surface area contributed by atoms with Gasteiger partial charge in [-0.2, -0.15) is 5.26 Å². The number of hydrogen-bond donors (Lipinski definition) is 0. The van der Waals surface area contributed by atoms with Gasteiger partial charge in [0, 0.05) is 47.9 Å². The molecule has 1 fully saturated rings. The van der Waals surface area contributed by atoms with E-state index in [0.29, 0.717) is 6.42 Å². The summed E-state index contributed by atoms with van der Waals surface area (Å²) in [6.45, 7) is 6.00. The molecule has 3 unspecified atom stereocenters. The van der Waals surface area contributed by atoms with Gasteiger partial charge >= 0.3 is 0 Å². The number of pyridine rings is 1. The molecule has 1 aliphatic rings. The molecule has 1 amide bonds. The topological polar surface area (TPSA) is 66.1 Å². The average Bonchev–Trinajstić information content (AvgIpc) is 3.15. The van der Waals surface area contributed by atoms with Gasteiger partial charge in [-0.05, 0) is 36.1 Å². The van der Waals surface area contributed by atoms with Crippen LogP contribution in [0.3, 0.4) is 0 Å². The van der Waals surface area contributed by atoms with Crippen LogP contribution in [0.5, 0.6) is 0 Å². The zero-order chi connectivity index (χ0) is 28.0. The molecule has 0 saturated carbocycles. The first-order chi connectivity index (χ1) is 17.8. The van der Waals surface area contributed by atoms with Gasteiger partial charge in [-0.3, -0.25) is 9.59 Å². The van der Waals surface area contributed by atoms with Crippen LogP contribution in [0.2, 0.25) is 10.0 Å². The Kier molecular flexibility index (Phi) is 7.44. The van der Waals surface area contributed by atoms with Crippen molar-refractivity contribution in [1.29, 1.82) is 5.26 Å². The van der Waals surface area contributed by atoms with Crippen LogP contribution in [0, 0.1) is 34.3 Å². The summed E-state index contributed by atoms with van der Waals surface area (Å²) in [4.78, 5) is 27.4. The maximum atomic E-state index is 15.7. The van der Waals surface area contributed by atoms with E-state index in [1.807, 2.05) is 20.8 Å². The summed E-state index contributed by atoms with van der Waals surface area (Å²) in [5.41, 5.74) is -2.09. The number of hydrogen-bond acceptors (Lipinski definition) is 3. The highest BCUT2D eigenvalue weighted by Gasteiger charge is 2.60. The molecule has 0 bridgehead atoms. The van der Waals surface area contributed by atoms with Crippen LogP contribution in [0.1, 0.15) is 54.7 Å². The third-order valence-electron chi connectivity index (χ3n) is 7.09. The van der Waals surface area contributed by atoms with Crippen molar-refractivity contribution in [2.45, 2.75) is 38.6 Å². The number of nitrogens with zero attached hydrogens (tertiary/aromatic N) is 3. The van der Waals surface area contributed by atoms with Gasteiger partial charge in [0.25, 0.3) is 5.91 Å². The molecule has 1 saturated heterocycles. The monoisotopic (exact) mass is 557 g/mol. The summed E-state index contributed by atoms with van der Waals surface area (Å²) in [5.74, 6) is -2.61. The highest BCUT2D eigenvalue weighted by molar-refractivity contribution is 6.31. The summed E-state index contributed by atoms with van der Waals surface area (Å²) in [6.07, 6.45) is 1.82. The van der Waals surface area contributed by atoms with Crippen LogP contribution >= 0.6 is 23.2 Å². The van der Waals surface area contributed by atoms with Crippen molar-refractivity contribution < 1.29 is 13.6 Å². The zero-order valence-corrected chi connectivity index (χ0v) is 22.9. The fourth-order valence-electron chi connectivity index (χ4n) is 5.56. The lowest BCUT2D eigenvalue weighted by atomic mass is 9.63. The van der Waals surface area contributed by atoms with E-state index in [0.717, 1.165) is 6.07 Å². The number of halogens is 4. The van der Waals surface area contributed by atoms with Crippen LogP contribution in [0.4, 0.5) is 8.78 Å². The Labute approximate surface area is 230 Å². The molecular weight excluding hydrogens is 531 g/mol. The van der Waals surface area contributed by atoms with Crippen molar-refractivity contribution in [2.24, 2.45) is 18.4 Å². The van der Waals surface area contributed by atoms with E-state index in [2.05, 4.69) is 6.07 Å².